The van der Waals surface area contributed by atoms with E-state index in [-0.39, 0.29) is 0 Å². The highest BCUT2D eigenvalue weighted by Crippen LogP contribution is 1.65. The largest absolute Gasteiger partial charge is 0.378 e. The lowest BCUT2D eigenvalue weighted by molar-refractivity contribution is 1.16. The minimum atomic E-state index is 1.31. The van der Waals surface area contributed by atoms with E-state index in [1.165, 1.54) is 11.9 Å². The smallest absolute Gasteiger partial charge is 0.111 e. The molecule has 3 nitrogen and oxygen atoms in total. The molecule has 0 aliphatic carbocycles. The molecular formula is C3H7N3S. The summed E-state index contributed by atoms with van der Waals surface area (Å²) in [6.45, 7) is 0. The number of nitrogens with zero attached hydrogens (tertiary/aromatic N) is 2. The fourth-order valence-electron chi connectivity index (χ4n) is 0.121. The maximum absolute atomic E-state index is 3.66. The maximum Gasteiger partial charge on any atom is 0.111 e. The standard InChI is InChI=1S/C3H7N3S/c1-4-2-5-6-3-7/h2-3H,1H3,(H,4,5)(H,6,7). The molecule has 0 saturated carbocycles. The first kappa shape index (κ1) is 6.49. The minimum absolute atomic E-state index is 1.31. The lowest BCUT2D eigenvalue weighted by Gasteiger charge is -1.76. The third-order valence-electron chi connectivity index (χ3n) is 0.305. The molecule has 0 unspecified atom stereocenters. The number of hydrogen-bond acceptors (Lipinski definition) is 2. The lowest BCUT2D eigenvalue weighted by Crippen LogP contribution is -1.99. The summed E-state index contributed by atoms with van der Waals surface area (Å²) in [5.74, 6) is 0. The summed E-state index contributed by atoms with van der Waals surface area (Å²) in [7, 11) is 1.75. The molecule has 0 bridgehead atoms. The number of rotatable bonds is 2. The van der Waals surface area contributed by atoms with Crippen molar-refractivity contribution in [3.63, 3.8) is 0 Å². The second-order valence-corrected chi connectivity index (χ2v) is 0.995. The third kappa shape index (κ3) is 5.49. The predicted octanol–water partition coefficient (Wildman–Crippen LogP) is 0.107. The molecule has 0 aromatic carbocycles. The second kappa shape index (κ2) is 5.49. The van der Waals surface area contributed by atoms with E-state index in [0.717, 1.165) is 0 Å². The highest BCUT2D eigenvalue weighted by molar-refractivity contribution is 7.94. The van der Waals surface area contributed by atoms with Gasteiger partial charge in [-0.25, -0.2) is 0 Å². The summed E-state index contributed by atoms with van der Waals surface area (Å²) in [5.41, 5.74) is 1.31. The van der Waals surface area contributed by atoms with Crippen LogP contribution in [-0.2, 0) is 0 Å². The number of nitrogens with one attached hydrogen (secondary N) is 1. The van der Waals surface area contributed by atoms with Crippen molar-refractivity contribution in [3.8, 4) is 0 Å². The number of thiol groups is 1. The quantitative estimate of drug-likeness (QED) is 0.229. The summed E-state index contributed by atoms with van der Waals surface area (Å²) < 4.78 is 0. The Kier molecular flexibility index (Phi) is 5.09. The average Bonchev–Trinajstić information content (AvgIpc) is 1.69. The Labute approximate surface area is 47.9 Å². The summed E-state index contributed by atoms with van der Waals surface area (Å²) in [6, 6.07) is 0. The van der Waals surface area contributed by atoms with Crippen LogP contribution in [0.3, 0.4) is 0 Å². The lowest BCUT2D eigenvalue weighted by atomic mass is 11.2. The van der Waals surface area contributed by atoms with E-state index in [4.69, 9.17) is 0 Å². The molecule has 0 radical (unpaired) electrons. The molecule has 0 atom stereocenters. The Hall–Kier alpha value is -0.510. The van der Waals surface area contributed by atoms with Gasteiger partial charge >= 0.3 is 0 Å². The van der Waals surface area contributed by atoms with Crippen molar-refractivity contribution >= 4 is 24.5 Å². The molecule has 0 aromatic heterocycles. The molecular weight excluding hydrogens is 110 g/mol. The molecule has 0 fully saturated rings. The summed E-state index contributed by atoms with van der Waals surface area (Å²) in [5, 5.41) is 9.54. The van der Waals surface area contributed by atoms with Gasteiger partial charge in [0.15, 0.2) is 0 Å². The van der Waals surface area contributed by atoms with Crippen LogP contribution in [0.2, 0.25) is 0 Å². The third-order valence-corrected chi connectivity index (χ3v) is 0.408. The maximum atomic E-state index is 3.66. The summed E-state index contributed by atoms with van der Waals surface area (Å²) in [4.78, 5) is 0. The van der Waals surface area contributed by atoms with Crippen LogP contribution in [-0.4, -0.2) is 18.9 Å². The van der Waals surface area contributed by atoms with E-state index in [1.54, 1.807) is 7.05 Å². The van der Waals surface area contributed by atoms with Crippen LogP contribution in [0, 0.1) is 0 Å². The molecule has 0 spiro atoms. The van der Waals surface area contributed by atoms with Gasteiger partial charge in [-0.15, -0.1) is 17.7 Å². The topological polar surface area (TPSA) is 36.8 Å². The van der Waals surface area contributed by atoms with Gasteiger partial charge in [-0.1, -0.05) is 0 Å². The van der Waals surface area contributed by atoms with Crippen molar-refractivity contribution in [2.75, 3.05) is 7.05 Å². The molecule has 4 heteroatoms. The monoisotopic (exact) mass is 117 g/mol. The van der Waals surface area contributed by atoms with E-state index in [2.05, 4.69) is 28.1 Å². The normalized spacial score (nSPS) is 11.1. The SMILES string of the molecule is CN/C=N/N=C\S. The zero-order chi connectivity index (χ0) is 5.54. The van der Waals surface area contributed by atoms with E-state index in [1.807, 2.05) is 0 Å². The minimum Gasteiger partial charge on any atom is -0.378 e. The van der Waals surface area contributed by atoms with Crippen molar-refractivity contribution in [1.82, 2.24) is 5.32 Å². The van der Waals surface area contributed by atoms with Crippen LogP contribution >= 0.6 is 12.6 Å². The Morgan fingerprint density at radius 2 is 2.29 bits per heavy atom. The Balaban J connectivity index is 3.09. The molecule has 0 heterocycles. The van der Waals surface area contributed by atoms with Crippen molar-refractivity contribution in [2.24, 2.45) is 10.2 Å². The number of hydrogen-bond donors (Lipinski definition) is 2. The molecule has 7 heavy (non-hydrogen) atoms. The average molecular weight is 117 g/mol. The molecule has 0 aliphatic rings. The van der Waals surface area contributed by atoms with Gasteiger partial charge < -0.3 is 5.32 Å². The molecule has 0 amide bonds. The van der Waals surface area contributed by atoms with Gasteiger partial charge in [0, 0.05) is 7.05 Å². The van der Waals surface area contributed by atoms with Crippen molar-refractivity contribution in [1.29, 1.82) is 0 Å². The summed E-state index contributed by atoms with van der Waals surface area (Å²) in [6.07, 6.45) is 1.46. The molecule has 1 N–H and O–H groups in total. The van der Waals surface area contributed by atoms with Crippen LogP contribution in [0.4, 0.5) is 0 Å². The molecule has 40 valence electrons. The van der Waals surface area contributed by atoms with Crippen LogP contribution < -0.4 is 5.32 Å². The van der Waals surface area contributed by atoms with Crippen molar-refractivity contribution in [2.45, 2.75) is 0 Å². The van der Waals surface area contributed by atoms with Crippen molar-refractivity contribution < 1.29 is 0 Å². The molecule has 0 aromatic rings. The zero-order valence-electron chi connectivity index (χ0n) is 4.00. The van der Waals surface area contributed by atoms with Gasteiger partial charge in [-0.2, -0.15) is 5.10 Å². The van der Waals surface area contributed by atoms with Gasteiger partial charge in [0.25, 0.3) is 0 Å². The molecule has 0 aliphatic heterocycles. The van der Waals surface area contributed by atoms with Crippen LogP contribution in [0.15, 0.2) is 10.2 Å². The Morgan fingerprint density at radius 1 is 1.57 bits per heavy atom. The predicted molar refractivity (Wildman–Crippen MR) is 35.0 cm³/mol. The fourth-order valence-corrected chi connectivity index (χ4v) is 0.181. The molecule has 0 saturated heterocycles. The van der Waals surface area contributed by atoms with Gasteiger partial charge in [-0.05, 0) is 0 Å². The summed E-state index contributed by atoms with van der Waals surface area (Å²) >= 11 is 3.66. The van der Waals surface area contributed by atoms with Gasteiger partial charge in [-0.3, -0.25) is 0 Å². The zero-order valence-corrected chi connectivity index (χ0v) is 4.89. The van der Waals surface area contributed by atoms with Crippen LogP contribution in [0.1, 0.15) is 0 Å². The van der Waals surface area contributed by atoms with E-state index in [9.17, 15) is 0 Å². The highest BCUT2D eigenvalue weighted by Gasteiger charge is 1.54. The van der Waals surface area contributed by atoms with Crippen molar-refractivity contribution in [3.05, 3.63) is 0 Å². The van der Waals surface area contributed by atoms with Gasteiger partial charge in [0.1, 0.15) is 6.34 Å². The van der Waals surface area contributed by atoms with E-state index < -0.39 is 0 Å². The van der Waals surface area contributed by atoms with Crippen LogP contribution in [0.25, 0.3) is 0 Å². The van der Waals surface area contributed by atoms with E-state index in [0.29, 0.717) is 0 Å². The van der Waals surface area contributed by atoms with Gasteiger partial charge in [0.2, 0.25) is 0 Å². The fraction of sp³-hybridized carbons (Fsp3) is 0.333. The first-order chi connectivity index (χ1) is 3.41. The molecule has 0 rings (SSSR count). The first-order valence-electron chi connectivity index (χ1n) is 1.76. The van der Waals surface area contributed by atoms with E-state index >= 15 is 0 Å². The first-order valence-corrected chi connectivity index (χ1v) is 2.28. The Bertz CT molecular complexity index is 78.2. The van der Waals surface area contributed by atoms with Crippen LogP contribution in [0.5, 0.6) is 0 Å². The second-order valence-electron chi connectivity index (χ2n) is 0.764. The highest BCUT2D eigenvalue weighted by atomic mass is 32.1. The van der Waals surface area contributed by atoms with Gasteiger partial charge in [0.05, 0.1) is 5.55 Å². The Morgan fingerprint density at radius 3 is 2.71 bits per heavy atom.